The number of alkyl halides is 3. The maximum absolute atomic E-state index is 12.5. The molecule has 0 bridgehead atoms. The predicted octanol–water partition coefficient (Wildman–Crippen LogP) is 2.11. The smallest absolute Gasteiger partial charge is 0.267 e. The van der Waals surface area contributed by atoms with E-state index in [9.17, 15) is 13.9 Å². The van der Waals surface area contributed by atoms with E-state index in [2.05, 4.69) is 20.9 Å². The molecule has 1 aromatic rings. The van der Waals surface area contributed by atoms with Gasteiger partial charge < -0.3 is 10.2 Å². The summed E-state index contributed by atoms with van der Waals surface area (Å²) in [6, 6.07) is 0. The third-order valence-corrected chi connectivity index (χ3v) is 2.37. The van der Waals surface area contributed by atoms with Crippen molar-refractivity contribution in [3.63, 3.8) is 0 Å². The molecule has 0 aliphatic rings. The molecule has 1 aromatic heterocycles. The molecule has 0 amide bonds. The second kappa shape index (κ2) is 4.65. The van der Waals surface area contributed by atoms with Crippen LogP contribution in [-0.4, -0.2) is 15.2 Å². The first kappa shape index (κ1) is 11.3. The molecule has 3 nitrogen and oxygen atoms in total. The topological polar surface area (TPSA) is 53.4 Å². The van der Waals surface area contributed by atoms with Crippen molar-refractivity contribution in [1.82, 2.24) is 4.98 Å². The van der Waals surface area contributed by atoms with Gasteiger partial charge in [0.15, 0.2) is 0 Å². The van der Waals surface area contributed by atoms with Crippen molar-refractivity contribution in [3.8, 4) is 5.75 Å². The van der Waals surface area contributed by atoms with Gasteiger partial charge in [-0.15, -0.1) is 0 Å². The Morgan fingerprint density at radius 3 is 2.57 bits per heavy atom. The number of aliphatic hydroxyl groups excluding tert-OH is 1. The first-order valence-electron chi connectivity index (χ1n) is 3.76. The van der Waals surface area contributed by atoms with Crippen LogP contribution in [0.15, 0.2) is 6.20 Å². The summed E-state index contributed by atoms with van der Waals surface area (Å²) in [5.41, 5.74) is -0.388. The third-order valence-electron chi connectivity index (χ3n) is 1.76. The van der Waals surface area contributed by atoms with Crippen LogP contribution < -0.4 is 0 Å². The molecule has 78 valence electrons. The van der Waals surface area contributed by atoms with Crippen LogP contribution in [0.4, 0.5) is 8.78 Å². The normalized spacial score (nSPS) is 10.9. The van der Waals surface area contributed by atoms with E-state index < -0.39 is 24.3 Å². The number of halogens is 3. The molecule has 0 radical (unpaired) electrons. The quantitative estimate of drug-likeness (QED) is 0.825. The molecule has 0 aliphatic carbocycles. The molecule has 0 spiro atoms. The first-order chi connectivity index (χ1) is 6.61. The summed E-state index contributed by atoms with van der Waals surface area (Å²) < 4.78 is 25.0. The highest BCUT2D eigenvalue weighted by Crippen LogP contribution is 2.34. The van der Waals surface area contributed by atoms with Crippen LogP contribution in [0.25, 0.3) is 0 Å². The Morgan fingerprint density at radius 1 is 1.50 bits per heavy atom. The van der Waals surface area contributed by atoms with Crippen molar-refractivity contribution in [3.05, 3.63) is 23.0 Å². The van der Waals surface area contributed by atoms with Crippen LogP contribution in [0.5, 0.6) is 5.75 Å². The molecule has 1 rings (SSSR count). The summed E-state index contributed by atoms with van der Waals surface area (Å²) in [5.74, 6) is -0.626. The fourth-order valence-corrected chi connectivity index (χ4v) is 1.51. The van der Waals surface area contributed by atoms with Gasteiger partial charge in [0.1, 0.15) is 11.4 Å². The van der Waals surface area contributed by atoms with Crippen molar-refractivity contribution in [1.29, 1.82) is 0 Å². The van der Waals surface area contributed by atoms with Crippen LogP contribution in [-0.2, 0) is 11.9 Å². The molecule has 0 saturated carbocycles. The molecule has 0 saturated heterocycles. The minimum Gasteiger partial charge on any atom is -0.505 e. The molecule has 0 fully saturated rings. The minimum atomic E-state index is -2.78. The SMILES string of the molecule is OCc1ncc(CBr)c(C(F)F)c1O. The van der Waals surface area contributed by atoms with Gasteiger partial charge in [0, 0.05) is 11.5 Å². The largest absolute Gasteiger partial charge is 0.505 e. The van der Waals surface area contributed by atoms with Crippen molar-refractivity contribution < 1.29 is 19.0 Å². The zero-order chi connectivity index (χ0) is 10.7. The number of aromatic hydroxyl groups is 1. The number of nitrogens with zero attached hydrogens (tertiary/aromatic N) is 1. The lowest BCUT2D eigenvalue weighted by Gasteiger charge is -2.10. The average Bonchev–Trinajstić information content (AvgIpc) is 2.16. The lowest BCUT2D eigenvalue weighted by atomic mass is 10.1. The predicted molar refractivity (Wildman–Crippen MR) is 49.4 cm³/mol. The lowest BCUT2D eigenvalue weighted by molar-refractivity contribution is 0.145. The highest BCUT2D eigenvalue weighted by molar-refractivity contribution is 9.08. The molecular formula is C8H8BrF2NO2. The van der Waals surface area contributed by atoms with E-state index in [0.29, 0.717) is 0 Å². The van der Waals surface area contributed by atoms with Crippen molar-refractivity contribution in [2.45, 2.75) is 18.4 Å². The number of hydrogen-bond donors (Lipinski definition) is 2. The van der Waals surface area contributed by atoms with Crippen molar-refractivity contribution >= 4 is 15.9 Å². The summed E-state index contributed by atoms with van der Waals surface area (Å²) >= 11 is 3.01. The van der Waals surface area contributed by atoms with Gasteiger partial charge in [0.2, 0.25) is 0 Å². The van der Waals surface area contributed by atoms with E-state index in [4.69, 9.17) is 5.11 Å². The van der Waals surface area contributed by atoms with Crippen LogP contribution in [0, 0.1) is 0 Å². The van der Waals surface area contributed by atoms with Gasteiger partial charge in [-0.3, -0.25) is 4.98 Å². The van der Waals surface area contributed by atoms with E-state index in [1.54, 1.807) is 0 Å². The van der Waals surface area contributed by atoms with E-state index in [1.807, 2.05) is 0 Å². The van der Waals surface area contributed by atoms with Crippen molar-refractivity contribution in [2.75, 3.05) is 0 Å². The van der Waals surface area contributed by atoms with E-state index in [-0.39, 0.29) is 16.6 Å². The van der Waals surface area contributed by atoms with E-state index in [1.165, 1.54) is 6.20 Å². The lowest BCUT2D eigenvalue weighted by Crippen LogP contribution is -2.00. The van der Waals surface area contributed by atoms with Gasteiger partial charge in [0.05, 0.1) is 12.2 Å². The molecular weight excluding hydrogens is 260 g/mol. The van der Waals surface area contributed by atoms with Crippen LogP contribution >= 0.6 is 15.9 Å². The Morgan fingerprint density at radius 2 is 2.14 bits per heavy atom. The van der Waals surface area contributed by atoms with E-state index >= 15 is 0 Å². The van der Waals surface area contributed by atoms with E-state index in [0.717, 1.165) is 0 Å². The summed E-state index contributed by atoms with van der Waals surface area (Å²) in [6.07, 6.45) is -1.57. The van der Waals surface area contributed by atoms with Gasteiger partial charge in [-0.25, -0.2) is 8.78 Å². The highest BCUT2D eigenvalue weighted by atomic mass is 79.9. The third kappa shape index (κ3) is 2.01. The number of aromatic nitrogens is 1. The summed E-state index contributed by atoms with van der Waals surface area (Å²) in [5, 5.41) is 18.2. The maximum atomic E-state index is 12.5. The Bertz CT molecular complexity index is 333. The fraction of sp³-hybridized carbons (Fsp3) is 0.375. The Labute approximate surface area is 87.5 Å². The van der Waals surface area contributed by atoms with Crippen LogP contribution in [0.3, 0.4) is 0 Å². The van der Waals surface area contributed by atoms with Gasteiger partial charge >= 0.3 is 0 Å². The Hall–Kier alpha value is -0.750. The summed E-state index contributed by atoms with van der Waals surface area (Å²) in [7, 11) is 0. The summed E-state index contributed by atoms with van der Waals surface area (Å²) in [4.78, 5) is 3.65. The standard InChI is InChI=1S/C8H8BrF2NO2/c9-1-4-2-12-5(3-13)7(14)6(4)8(10)11/h2,8,13-14H,1,3H2. The minimum absolute atomic E-state index is 0.134. The molecule has 0 atom stereocenters. The second-order valence-corrected chi connectivity index (χ2v) is 3.15. The Kier molecular flexibility index (Phi) is 3.77. The monoisotopic (exact) mass is 267 g/mol. The second-order valence-electron chi connectivity index (χ2n) is 2.58. The fourth-order valence-electron chi connectivity index (χ4n) is 1.06. The van der Waals surface area contributed by atoms with Gasteiger partial charge in [-0.2, -0.15) is 0 Å². The summed E-state index contributed by atoms with van der Waals surface area (Å²) in [6.45, 7) is -0.561. The molecule has 2 N–H and O–H groups in total. The highest BCUT2D eigenvalue weighted by Gasteiger charge is 2.20. The zero-order valence-corrected chi connectivity index (χ0v) is 8.63. The molecule has 6 heteroatoms. The number of rotatable bonds is 3. The number of pyridine rings is 1. The zero-order valence-electron chi connectivity index (χ0n) is 7.04. The molecule has 0 unspecified atom stereocenters. The molecule has 0 aliphatic heterocycles. The molecule has 14 heavy (non-hydrogen) atoms. The Balaban J connectivity index is 3.31. The number of aliphatic hydroxyl groups is 1. The maximum Gasteiger partial charge on any atom is 0.267 e. The first-order valence-corrected chi connectivity index (χ1v) is 4.88. The van der Waals surface area contributed by atoms with Gasteiger partial charge in [-0.05, 0) is 5.56 Å². The van der Waals surface area contributed by atoms with Gasteiger partial charge in [0.25, 0.3) is 6.43 Å². The van der Waals surface area contributed by atoms with Crippen molar-refractivity contribution in [2.24, 2.45) is 0 Å². The van der Waals surface area contributed by atoms with Gasteiger partial charge in [-0.1, -0.05) is 15.9 Å². The average molecular weight is 268 g/mol. The van der Waals surface area contributed by atoms with Crippen LogP contribution in [0.1, 0.15) is 23.2 Å². The number of hydrogen-bond acceptors (Lipinski definition) is 3. The molecule has 0 aromatic carbocycles. The van der Waals surface area contributed by atoms with Crippen LogP contribution in [0.2, 0.25) is 0 Å². The molecule has 1 heterocycles.